The van der Waals surface area contributed by atoms with Crippen molar-refractivity contribution >= 4 is 10.9 Å². The van der Waals surface area contributed by atoms with E-state index in [0.29, 0.717) is 28.3 Å². The number of nitrogens with one attached hydrogen (secondary N) is 1. The maximum atomic E-state index is 9.97. The Morgan fingerprint density at radius 3 is 2.61 bits per heavy atom. The van der Waals surface area contributed by atoms with Gasteiger partial charge in [0.2, 0.25) is 0 Å². The number of pyridine rings is 2. The third-order valence-electron chi connectivity index (χ3n) is 4.69. The van der Waals surface area contributed by atoms with Crippen molar-refractivity contribution in [2.24, 2.45) is 0 Å². The van der Waals surface area contributed by atoms with Gasteiger partial charge in [0.15, 0.2) is 0 Å². The van der Waals surface area contributed by atoms with E-state index in [-0.39, 0.29) is 0 Å². The van der Waals surface area contributed by atoms with Crippen LogP contribution in [0.25, 0.3) is 44.9 Å². The second-order valence-electron chi connectivity index (χ2n) is 6.33. The number of nitrogens with zero attached hydrogens (tertiary/aromatic N) is 3. The molecule has 1 aromatic carbocycles. The predicted octanol–water partition coefficient (Wildman–Crippen LogP) is 5.42. The molecule has 1 N–H and O–H groups in total. The molecule has 0 atom stereocenters. The van der Waals surface area contributed by atoms with Gasteiger partial charge in [-0.25, -0.2) is 4.98 Å². The number of nitriles is 1. The summed E-state index contributed by atoms with van der Waals surface area (Å²) < 4.78 is 5.61. The molecule has 132 valence electrons. The normalized spacial score (nSPS) is 10.8. The van der Waals surface area contributed by atoms with Crippen LogP contribution in [-0.4, -0.2) is 15.0 Å². The summed E-state index contributed by atoms with van der Waals surface area (Å²) in [5, 5.41) is 11.0. The molecule has 0 saturated carbocycles. The average molecular weight is 362 g/mol. The Bertz CT molecular complexity index is 1310. The zero-order valence-corrected chi connectivity index (χ0v) is 14.8. The van der Waals surface area contributed by atoms with E-state index in [4.69, 9.17) is 9.40 Å². The summed E-state index contributed by atoms with van der Waals surface area (Å²) in [5.41, 5.74) is 5.06. The van der Waals surface area contributed by atoms with Crippen LogP contribution < -0.4 is 0 Å². The minimum atomic E-state index is 0.472. The zero-order valence-electron chi connectivity index (χ0n) is 14.8. The van der Waals surface area contributed by atoms with Crippen LogP contribution in [0.5, 0.6) is 0 Å². The number of rotatable bonds is 3. The van der Waals surface area contributed by atoms with Gasteiger partial charge < -0.3 is 9.40 Å². The first-order valence-electron chi connectivity index (χ1n) is 8.82. The van der Waals surface area contributed by atoms with Crippen molar-refractivity contribution in [1.82, 2.24) is 15.0 Å². The van der Waals surface area contributed by atoms with Gasteiger partial charge in [-0.05, 0) is 36.4 Å². The van der Waals surface area contributed by atoms with Crippen molar-refractivity contribution in [3.05, 3.63) is 84.9 Å². The van der Waals surface area contributed by atoms with Gasteiger partial charge in [-0.3, -0.25) is 4.98 Å². The Hall–Kier alpha value is -4.17. The number of furan rings is 1. The van der Waals surface area contributed by atoms with Crippen LogP contribution in [-0.2, 0) is 0 Å². The Balaban J connectivity index is 1.85. The minimum Gasteiger partial charge on any atom is -0.464 e. The molecule has 0 amide bonds. The molecular weight excluding hydrogens is 348 g/mol. The lowest BCUT2D eigenvalue weighted by Crippen LogP contribution is -1.97. The van der Waals surface area contributed by atoms with Crippen LogP contribution in [0.15, 0.2) is 83.7 Å². The van der Waals surface area contributed by atoms with Gasteiger partial charge >= 0.3 is 0 Å². The van der Waals surface area contributed by atoms with Crippen molar-refractivity contribution in [2.75, 3.05) is 0 Å². The van der Waals surface area contributed by atoms with Gasteiger partial charge in [0.1, 0.15) is 11.8 Å². The van der Waals surface area contributed by atoms with Crippen LogP contribution in [0.2, 0.25) is 0 Å². The molecule has 5 rings (SSSR count). The van der Waals surface area contributed by atoms with E-state index in [1.54, 1.807) is 12.5 Å². The highest BCUT2D eigenvalue weighted by molar-refractivity contribution is 5.97. The first kappa shape index (κ1) is 16.0. The quantitative estimate of drug-likeness (QED) is 0.464. The Morgan fingerprint density at radius 2 is 1.82 bits per heavy atom. The molecule has 0 aliphatic rings. The molecular formula is C23H14N4O. The number of para-hydroxylation sites is 1. The molecule has 0 radical (unpaired) electrons. The third kappa shape index (κ3) is 2.56. The summed E-state index contributed by atoms with van der Waals surface area (Å²) in [6.45, 7) is 0. The predicted molar refractivity (Wildman–Crippen MR) is 107 cm³/mol. The summed E-state index contributed by atoms with van der Waals surface area (Å²) >= 11 is 0. The number of aromatic amines is 1. The maximum Gasteiger partial charge on any atom is 0.135 e. The first-order chi connectivity index (χ1) is 13.8. The van der Waals surface area contributed by atoms with Crippen molar-refractivity contribution in [3.8, 4) is 40.0 Å². The van der Waals surface area contributed by atoms with E-state index in [1.807, 2.05) is 66.9 Å². The van der Waals surface area contributed by atoms with E-state index in [0.717, 1.165) is 22.2 Å². The van der Waals surface area contributed by atoms with Gasteiger partial charge in [0.05, 0.1) is 28.9 Å². The molecule has 28 heavy (non-hydrogen) atoms. The van der Waals surface area contributed by atoms with Crippen LogP contribution in [0.3, 0.4) is 0 Å². The van der Waals surface area contributed by atoms with Crippen LogP contribution >= 0.6 is 0 Å². The van der Waals surface area contributed by atoms with Gasteiger partial charge in [0, 0.05) is 34.4 Å². The van der Waals surface area contributed by atoms with E-state index in [1.165, 1.54) is 0 Å². The molecule has 0 unspecified atom stereocenters. The Labute approximate surface area is 160 Å². The van der Waals surface area contributed by atoms with E-state index < -0.39 is 0 Å². The van der Waals surface area contributed by atoms with Crippen molar-refractivity contribution < 1.29 is 4.42 Å². The number of hydrogen-bond acceptors (Lipinski definition) is 4. The second-order valence-corrected chi connectivity index (χ2v) is 6.33. The van der Waals surface area contributed by atoms with Crippen molar-refractivity contribution in [3.63, 3.8) is 0 Å². The lowest BCUT2D eigenvalue weighted by molar-refractivity contribution is 0.582. The Morgan fingerprint density at radius 1 is 0.929 bits per heavy atom. The lowest BCUT2D eigenvalue weighted by Gasteiger charge is -2.10. The summed E-state index contributed by atoms with van der Waals surface area (Å²) in [6, 6.07) is 21.5. The van der Waals surface area contributed by atoms with Gasteiger partial charge in [-0.15, -0.1) is 0 Å². The maximum absolute atomic E-state index is 9.97. The topological polar surface area (TPSA) is 78.5 Å². The molecule has 5 heteroatoms. The molecule has 0 fully saturated rings. The first-order valence-corrected chi connectivity index (χ1v) is 8.82. The molecule has 5 aromatic rings. The van der Waals surface area contributed by atoms with Crippen LogP contribution in [0.4, 0.5) is 0 Å². The van der Waals surface area contributed by atoms with E-state index >= 15 is 0 Å². The fourth-order valence-electron chi connectivity index (χ4n) is 3.39. The molecule has 0 spiro atoms. The van der Waals surface area contributed by atoms with Crippen molar-refractivity contribution in [1.29, 1.82) is 5.26 Å². The minimum absolute atomic E-state index is 0.472. The van der Waals surface area contributed by atoms with Crippen LogP contribution in [0.1, 0.15) is 5.56 Å². The van der Waals surface area contributed by atoms with Crippen molar-refractivity contribution in [2.45, 2.75) is 0 Å². The van der Waals surface area contributed by atoms with E-state index in [2.05, 4.69) is 16.0 Å². The fourth-order valence-corrected chi connectivity index (χ4v) is 3.39. The monoisotopic (exact) mass is 362 g/mol. The summed E-state index contributed by atoms with van der Waals surface area (Å²) in [6.07, 6.45) is 5.22. The summed E-state index contributed by atoms with van der Waals surface area (Å²) in [7, 11) is 0. The summed E-state index contributed by atoms with van der Waals surface area (Å²) in [5.74, 6) is 0.622. The van der Waals surface area contributed by atoms with Gasteiger partial charge in [0.25, 0.3) is 0 Å². The number of aromatic nitrogens is 3. The molecule has 0 bridgehead atoms. The molecule has 4 heterocycles. The zero-order chi connectivity index (χ0) is 18.9. The fraction of sp³-hybridized carbons (Fsp3) is 0. The van der Waals surface area contributed by atoms with Gasteiger partial charge in [-0.1, -0.05) is 24.3 Å². The molecule has 5 nitrogen and oxygen atoms in total. The highest BCUT2D eigenvalue weighted by atomic mass is 16.3. The standard InChI is InChI=1S/C23H14N4O/c24-13-17-16(22-9-5-11-28-22)12-21(20-8-3-4-10-25-20)27-23(17)18-14-26-19-7-2-1-6-15(18)19/h1-12,14,26H. The lowest BCUT2D eigenvalue weighted by atomic mass is 9.98. The van der Waals surface area contributed by atoms with Gasteiger partial charge in [-0.2, -0.15) is 5.26 Å². The summed E-state index contributed by atoms with van der Waals surface area (Å²) in [4.78, 5) is 12.5. The van der Waals surface area contributed by atoms with Crippen LogP contribution in [0, 0.1) is 11.3 Å². The molecule has 0 aliphatic carbocycles. The average Bonchev–Trinajstić information content (AvgIpc) is 3.43. The highest BCUT2D eigenvalue weighted by Gasteiger charge is 2.20. The largest absolute Gasteiger partial charge is 0.464 e. The SMILES string of the molecule is N#Cc1c(-c2ccco2)cc(-c2ccccn2)nc1-c1c[nH]c2ccccc12. The Kier molecular flexibility index (Phi) is 3.74. The number of hydrogen-bond donors (Lipinski definition) is 1. The molecule has 0 saturated heterocycles. The molecule has 0 aliphatic heterocycles. The molecule has 4 aromatic heterocycles. The van der Waals surface area contributed by atoms with E-state index in [9.17, 15) is 5.26 Å². The second kappa shape index (κ2) is 6.53. The highest BCUT2D eigenvalue weighted by Crippen LogP contribution is 2.36. The number of fused-ring (bicyclic) bond motifs is 1. The number of benzene rings is 1. The number of H-pyrrole nitrogens is 1. The smallest absolute Gasteiger partial charge is 0.135 e. The third-order valence-corrected chi connectivity index (χ3v) is 4.69.